The van der Waals surface area contributed by atoms with Crippen molar-refractivity contribution < 1.29 is 9.47 Å². The first-order chi connectivity index (χ1) is 9.60. The largest absolute Gasteiger partial charge is 0.493 e. The molecule has 0 bridgehead atoms. The average molecular weight is 279 g/mol. The Morgan fingerprint density at radius 1 is 1.20 bits per heavy atom. The molecule has 0 fully saturated rings. The lowest BCUT2D eigenvalue weighted by Crippen LogP contribution is -2.31. The highest BCUT2D eigenvalue weighted by molar-refractivity contribution is 5.93. The van der Waals surface area contributed by atoms with Crippen LogP contribution in [-0.2, 0) is 0 Å². The Bertz CT molecular complexity index is 445. The number of aliphatic imine (C=N–C) groups is 1. The molecule has 0 amide bonds. The van der Waals surface area contributed by atoms with Gasteiger partial charge in [-0.1, -0.05) is 13.8 Å². The smallest absolute Gasteiger partial charge is 0.195 e. The van der Waals surface area contributed by atoms with Crippen molar-refractivity contribution in [3.8, 4) is 11.5 Å². The zero-order valence-electron chi connectivity index (χ0n) is 13.0. The van der Waals surface area contributed by atoms with E-state index >= 15 is 0 Å². The van der Waals surface area contributed by atoms with Gasteiger partial charge in [-0.15, -0.1) is 0 Å². The van der Waals surface area contributed by atoms with Gasteiger partial charge in [0, 0.05) is 24.8 Å². The zero-order chi connectivity index (χ0) is 15.0. The summed E-state index contributed by atoms with van der Waals surface area (Å²) in [5.41, 5.74) is 0.908. The highest BCUT2D eigenvalue weighted by Gasteiger charge is 2.06. The highest BCUT2D eigenvalue weighted by atomic mass is 16.5. The quantitative estimate of drug-likeness (QED) is 0.621. The van der Waals surface area contributed by atoms with Crippen LogP contribution in [0.1, 0.15) is 20.8 Å². The Kier molecular flexibility index (Phi) is 6.70. The molecule has 5 nitrogen and oxygen atoms in total. The number of ether oxygens (including phenoxy) is 2. The minimum Gasteiger partial charge on any atom is -0.493 e. The van der Waals surface area contributed by atoms with Crippen LogP contribution in [0.4, 0.5) is 5.69 Å². The van der Waals surface area contributed by atoms with Crippen LogP contribution in [0.25, 0.3) is 0 Å². The van der Waals surface area contributed by atoms with Gasteiger partial charge in [-0.05, 0) is 25.0 Å². The fourth-order valence-electron chi connectivity index (χ4n) is 1.63. The lowest BCUT2D eigenvalue weighted by molar-refractivity contribution is 0.355. The van der Waals surface area contributed by atoms with Gasteiger partial charge >= 0.3 is 0 Å². The third kappa shape index (κ3) is 4.99. The molecule has 2 N–H and O–H groups in total. The summed E-state index contributed by atoms with van der Waals surface area (Å²) >= 11 is 0. The summed E-state index contributed by atoms with van der Waals surface area (Å²) in [4.78, 5) is 4.53. The first kappa shape index (κ1) is 16.1. The molecule has 0 atom stereocenters. The predicted octanol–water partition coefficient (Wildman–Crippen LogP) is 2.74. The Morgan fingerprint density at radius 2 is 1.90 bits per heavy atom. The van der Waals surface area contributed by atoms with Crippen molar-refractivity contribution in [2.45, 2.75) is 20.8 Å². The SMILES string of the molecule is CCNC(=NCC(C)C)Nc1ccc(OC)c(OC)c1. The monoisotopic (exact) mass is 279 g/mol. The van der Waals surface area contributed by atoms with Crippen molar-refractivity contribution in [1.29, 1.82) is 0 Å². The van der Waals surface area contributed by atoms with E-state index in [0.29, 0.717) is 17.4 Å². The lowest BCUT2D eigenvalue weighted by atomic mass is 10.2. The maximum Gasteiger partial charge on any atom is 0.195 e. The molecule has 112 valence electrons. The summed E-state index contributed by atoms with van der Waals surface area (Å²) in [7, 11) is 3.25. The van der Waals surface area contributed by atoms with Gasteiger partial charge in [0.05, 0.1) is 14.2 Å². The molecule has 1 rings (SSSR count). The normalized spacial score (nSPS) is 11.4. The highest BCUT2D eigenvalue weighted by Crippen LogP contribution is 2.29. The van der Waals surface area contributed by atoms with Gasteiger partial charge in [0.15, 0.2) is 17.5 Å². The number of nitrogens with zero attached hydrogens (tertiary/aromatic N) is 1. The van der Waals surface area contributed by atoms with E-state index in [1.54, 1.807) is 14.2 Å². The summed E-state index contributed by atoms with van der Waals surface area (Å²) in [6.07, 6.45) is 0. The number of nitrogens with one attached hydrogen (secondary N) is 2. The number of hydrogen-bond donors (Lipinski definition) is 2. The van der Waals surface area contributed by atoms with E-state index < -0.39 is 0 Å². The summed E-state index contributed by atoms with van der Waals surface area (Å²) in [5.74, 6) is 2.70. The minimum atomic E-state index is 0.524. The van der Waals surface area contributed by atoms with Gasteiger partial charge < -0.3 is 20.1 Å². The average Bonchev–Trinajstić information content (AvgIpc) is 2.44. The fraction of sp³-hybridized carbons (Fsp3) is 0.533. The van der Waals surface area contributed by atoms with E-state index in [0.717, 1.165) is 24.7 Å². The molecule has 5 heteroatoms. The Labute approximate surface area is 121 Å². The zero-order valence-corrected chi connectivity index (χ0v) is 13.0. The molecule has 0 unspecified atom stereocenters. The Hall–Kier alpha value is -1.91. The van der Waals surface area contributed by atoms with Crippen LogP contribution in [0.5, 0.6) is 11.5 Å². The third-order valence-corrected chi connectivity index (χ3v) is 2.61. The molecule has 0 saturated carbocycles. The molecule has 0 aliphatic carbocycles. The van der Waals surface area contributed by atoms with E-state index in [2.05, 4.69) is 29.5 Å². The minimum absolute atomic E-state index is 0.524. The van der Waals surface area contributed by atoms with E-state index in [1.165, 1.54) is 0 Å². The van der Waals surface area contributed by atoms with E-state index in [4.69, 9.17) is 9.47 Å². The van der Waals surface area contributed by atoms with E-state index in [1.807, 2.05) is 25.1 Å². The van der Waals surface area contributed by atoms with Gasteiger partial charge in [0.1, 0.15) is 0 Å². The first-order valence-electron chi connectivity index (χ1n) is 6.88. The lowest BCUT2D eigenvalue weighted by Gasteiger charge is -2.14. The predicted molar refractivity (Wildman–Crippen MR) is 84.0 cm³/mol. The van der Waals surface area contributed by atoms with Crippen molar-refractivity contribution in [2.24, 2.45) is 10.9 Å². The number of hydrogen-bond acceptors (Lipinski definition) is 3. The number of guanidine groups is 1. The standard InChI is InChI=1S/C15H25N3O2/c1-6-16-15(17-10-11(2)3)18-12-7-8-13(19-4)14(9-12)20-5/h7-9,11H,6,10H2,1-5H3,(H2,16,17,18). The first-order valence-corrected chi connectivity index (χ1v) is 6.88. The van der Waals surface area contributed by atoms with Gasteiger partial charge in [-0.3, -0.25) is 4.99 Å². The maximum atomic E-state index is 5.29. The molecule has 0 radical (unpaired) electrons. The molecule has 20 heavy (non-hydrogen) atoms. The summed E-state index contributed by atoms with van der Waals surface area (Å²) in [6, 6.07) is 5.69. The Morgan fingerprint density at radius 3 is 2.45 bits per heavy atom. The molecule has 0 aliphatic rings. The third-order valence-electron chi connectivity index (χ3n) is 2.61. The topological polar surface area (TPSA) is 54.9 Å². The number of methoxy groups -OCH3 is 2. The van der Waals surface area contributed by atoms with Crippen molar-refractivity contribution in [2.75, 3.05) is 32.6 Å². The number of anilines is 1. The maximum absolute atomic E-state index is 5.29. The van der Waals surface area contributed by atoms with Crippen molar-refractivity contribution >= 4 is 11.6 Å². The van der Waals surface area contributed by atoms with Gasteiger partial charge in [0.2, 0.25) is 0 Å². The van der Waals surface area contributed by atoms with Crippen molar-refractivity contribution in [1.82, 2.24) is 5.32 Å². The van der Waals surface area contributed by atoms with Crippen LogP contribution in [0.15, 0.2) is 23.2 Å². The van der Waals surface area contributed by atoms with Crippen molar-refractivity contribution in [3.63, 3.8) is 0 Å². The number of benzene rings is 1. The molecule has 0 saturated heterocycles. The van der Waals surface area contributed by atoms with Gasteiger partial charge in [-0.25, -0.2) is 0 Å². The van der Waals surface area contributed by atoms with Gasteiger partial charge in [0.25, 0.3) is 0 Å². The second-order valence-corrected chi connectivity index (χ2v) is 4.81. The summed E-state index contributed by atoms with van der Waals surface area (Å²) in [6.45, 7) is 7.92. The molecule has 0 aliphatic heterocycles. The Balaban J connectivity index is 2.85. The molecule has 0 spiro atoms. The van der Waals surface area contributed by atoms with E-state index in [-0.39, 0.29) is 0 Å². The molecule has 1 aromatic rings. The van der Waals surface area contributed by atoms with Crippen LogP contribution in [0.2, 0.25) is 0 Å². The molecular weight excluding hydrogens is 254 g/mol. The molecular formula is C15H25N3O2. The summed E-state index contributed by atoms with van der Waals surface area (Å²) < 4.78 is 10.5. The number of rotatable bonds is 6. The van der Waals surface area contributed by atoms with Crippen LogP contribution in [-0.4, -0.2) is 33.3 Å². The molecule has 0 aromatic heterocycles. The second kappa shape index (κ2) is 8.30. The molecule has 0 heterocycles. The fourth-order valence-corrected chi connectivity index (χ4v) is 1.63. The van der Waals surface area contributed by atoms with E-state index in [9.17, 15) is 0 Å². The van der Waals surface area contributed by atoms with Crippen LogP contribution in [0, 0.1) is 5.92 Å². The van der Waals surface area contributed by atoms with Crippen LogP contribution >= 0.6 is 0 Å². The van der Waals surface area contributed by atoms with Crippen LogP contribution < -0.4 is 20.1 Å². The molecule has 1 aromatic carbocycles. The van der Waals surface area contributed by atoms with Crippen molar-refractivity contribution in [3.05, 3.63) is 18.2 Å². The van der Waals surface area contributed by atoms with Gasteiger partial charge in [-0.2, -0.15) is 0 Å². The second-order valence-electron chi connectivity index (χ2n) is 4.81. The van der Waals surface area contributed by atoms with Crippen LogP contribution in [0.3, 0.4) is 0 Å². The summed E-state index contributed by atoms with van der Waals surface area (Å²) in [5, 5.41) is 6.48.